The molecule has 1 aliphatic rings. The highest BCUT2D eigenvalue weighted by molar-refractivity contribution is 5.99. The van der Waals surface area contributed by atoms with Gasteiger partial charge in [0.1, 0.15) is 5.56 Å². The number of hydrogen-bond acceptors (Lipinski definition) is 5. The third-order valence-corrected chi connectivity index (χ3v) is 4.37. The number of hydrogen-bond donors (Lipinski definition) is 1. The molecule has 0 aromatic heterocycles. The van der Waals surface area contributed by atoms with Gasteiger partial charge in [-0.1, -0.05) is 36.4 Å². The molecular formula is C20H17NO4. The van der Waals surface area contributed by atoms with E-state index in [1.54, 1.807) is 6.07 Å². The lowest BCUT2D eigenvalue weighted by atomic mass is 10.1. The Morgan fingerprint density at radius 1 is 0.960 bits per heavy atom. The van der Waals surface area contributed by atoms with Crippen LogP contribution in [0.25, 0.3) is 10.8 Å². The lowest BCUT2D eigenvalue weighted by Gasteiger charge is -2.16. The van der Waals surface area contributed by atoms with E-state index in [-0.39, 0.29) is 0 Å². The van der Waals surface area contributed by atoms with Crippen LogP contribution >= 0.6 is 0 Å². The minimum absolute atomic E-state index is 0.396. The summed E-state index contributed by atoms with van der Waals surface area (Å²) in [5.74, 6) is 0.472. The molecule has 1 aliphatic heterocycles. The first-order chi connectivity index (χ1) is 12.2. The van der Waals surface area contributed by atoms with E-state index >= 15 is 0 Å². The molecule has 0 fully saturated rings. The van der Waals surface area contributed by atoms with Crippen LogP contribution in [0.5, 0.6) is 11.5 Å². The summed E-state index contributed by atoms with van der Waals surface area (Å²) >= 11 is 0. The average Bonchev–Trinajstić information content (AvgIpc) is 2.97. The minimum Gasteiger partial charge on any atom is -0.493 e. The van der Waals surface area contributed by atoms with Crippen LogP contribution in [-0.2, 0) is 4.74 Å². The maximum absolute atomic E-state index is 12.4. The molecule has 0 amide bonds. The van der Waals surface area contributed by atoms with Gasteiger partial charge in [-0.15, -0.1) is 0 Å². The van der Waals surface area contributed by atoms with E-state index in [4.69, 9.17) is 14.2 Å². The maximum Gasteiger partial charge on any atom is 0.344 e. The van der Waals surface area contributed by atoms with Gasteiger partial charge < -0.3 is 19.5 Å². The molecule has 1 heterocycles. The summed E-state index contributed by atoms with van der Waals surface area (Å²) in [7, 11) is 3.05. The van der Waals surface area contributed by atoms with Crippen molar-refractivity contribution >= 4 is 22.4 Å². The third-order valence-electron chi connectivity index (χ3n) is 4.37. The van der Waals surface area contributed by atoms with Crippen molar-refractivity contribution in [1.82, 2.24) is 0 Å². The van der Waals surface area contributed by atoms with Gasteiger partial charge in [0.25, 0.3) is 0 Å². The van der Waals surface area contributed by atoms with Crippen LogP contribution in [0, 0.1) is 0 Å². The Balaban J connectivity index is 1.76. The minimum atomic E-state index is -0.576. The van der Waals surface area contributed by atoms with E-state index in [0.717, 1.165) is 22.0 Å². The maximum atomic E-state index is 12.4. The fourth-order valence-electron chi connectivity index (χ4n) is 3.20. The monoisotopic (exact) mass is 335 g/mol. The Labute approximate surface area is 145 Å². The molecule has 0 bridgehead atoms. The van der Waals surface area contributed by atoms with Crippen molar-refractivity contribution in [2.45, 2.75) is 6.23 Å². The van der Waals surface area contributed by atoms with Crippen LogP contribution in [0.1, 0.15) is 22.1 Å². The second-order valence-electron chi connectivity index (χ2n) is 5.72. The number of carbonyl (C=O) groups excluding carboxylic acids is 1. The van der Waals surface area contributed by atoms with Crippen LogP contribution in [0.15, 0.2) is 54.6 Å². The molecule has 25 heavy (non-hydrogen) atoms. The van der Waals surface area contributed by atoms with E-state index in [0.29, 0.717) is 17.1 Å². The SMILES string of the molecule is COc1ccc2c(c1OC)C(=O)O[C@H]2Nc1cccc2ccccc12. The summed E-state index contributed by atoms with van der Waals surface area (Å²) in [4.78, 5) is 12.4. The lowest BCUT2D eigenvalue weighted by molar-refractivity contribution is 0.0435. The number of fused-ring (bicyclic) bond motifs is 2. The Bertz CT molecular complexity index is 962. The number of ether oxygens (including phenoxy) is 3. The van der Waals surface area contributed by atoms with Crippen molar-refractivity contribution < 1.29 is 19.0 Å². The molecule has 4 rings (SSSR count). The first-order valence-corrected chi connectivity index (χ1v) is 7.93. The zero-order chi connectivity index (χ0) is 17.4. The smallest absolute Gasteiger partial charge is 0.344 e. The van der Waals surface area contributed by atoms with Gasteiger partial charge in [0, 0.05) is 16.6 Å². The summed E-state index contributed by atoms with van der Waals surface area (Å²) in [5, 5.41) is 5.50. The van der Waals surface area contributed by atoms with Crippen LogP contribution in [0.4, 0.5) is 5.69 Å². The van der Waals surface area contributed by atoms with Gasteiger partial charge in [0.2, 0.25) is 6.23 Å². The lowest BCUT2D eigenvalue weighted by Crippen LogP contribution is -2.10. The van der Waals surface area contributed by atoms with Gasteiger partial charge in [0.15, 0.2) is 11.5 Å². The second-order valence-corrected chi connectivity index (χ2v) is 5.72. The van der Waals surface area contributed by atoms with E-state index in [1.165, 1.54) is 14.2 Å². The zero-order valence-electron chi connectivity index (χ0n) is 13.9. The van der Waals surface area contributed by atoms with Crippen molar-refractivity contribution in [2.75, 3.05) is 19.5 Å². The molecule has 0 radical (unpaired) electrons. The average molecular weight is 335 g/mol. The van der Waals surface area contributed by atoms with Crippen molar-refractivity contribution in [3.63, 3.8) is 0 Å². The molecule has 3 aromatic rings. The first-order valence-electron chi connectivity index (χ1n) is 7.93. The van der Waals surface area contributed by atoms with Crippen molar-refractivity contribution in [1.29, 1.82) is 0 Å². The Morgan fingerprint density at radius 2 is 1.76 bits per heavy atom. The van der Waals surface area contributed by atoms with Crippen LogP contribution in [0.2, 0.25) is 0 Å². The van der Waals surface area contributed by atoms with Gasteiger partial charge in [-0.3, -0.25) is 0 Å². The third kappa shape index (κ3) is 2.45. The van der Waals surface area contributed by atoms with Crippen LogP contribution in [-0.4, -0.2) is 20.2 Å². The zero-order valence-corrected chi connectivity index (χ0v) is 13.9. The largest absolute Gasteiger partial charge is 0.493 e. The molecule has 1 atom stereocenters. The van der Waals surface area contributed by atoms with Crippen molar-refractivity contribution in [3.05, 3.63) is 65.7 Å². The highest BCUT2D eigenvalue weighted by atomic mass is 16.6. The molecule has 3 aromatic carbocycles. The molecular weight excluding hydrogens is 318 g/mol. The summed E-state index contributed by atoms with van der Waals surface area (Å²) in [6, 6.07) is 17.6. The number of rotatable bonds is 4. The van der Waals surface area contributed by atoms with Gasteiger partial charge in [-0.2, -0.15) is 0 Å². The Morgan fingerprint density at radius 3 is 2.56 bits per heavy atom. The van der Waals surface area contributed by atoms with E-state index < -0.39 is 12.2 Å². The fraction of sp³-hybridized carbons (Fsp3) is 0.150. The van der Waals surface area contributed by atoms with E-state index in [9.17, 15) is 4.79 Å². The number of carbonyl (C=O) groups is 1. The quantitative estimate of drug-likeness (QED) is 0.726. The van der Waals surface area contributed by atoms with Gasteiger partial charge >= 0.3 is 5.97 Å². The van der Waals surface area contributed by atoms with Crippen LogP contribution < -0.4 is 14.8 Å². The second kappa shape index (κ2) is 6.02. The molecule has 0 saturated heterocycles. The molecule has 0 unspecified atom stereocenters. The number of cyclic esters (lactones) is 1. The molecule has 1 N–H and O–H groups in total. The molecule has 5 heteroatoms. The van der Waals surface area contributed by atoms with Crippen molar-refractivity contribution in [3.8, 4) is 11.5 Å². The highest BCUT2D eigenvalue weighted by Gasteiger charge is 2.36. The predicted molar refractivity (Wildman–Crippen MR) is 95.3 cm³/mol. The van der Waals surface area contributed by atoms with E-state index in [1.807, 2.05) is 48.5 Å². The summed E-state index contributed by atoms with van der Waals surface area (Å²) in [5.41, 5.74) is 2.04. The molecule has 0 saturated carbocycles. The van der Waals surface area contributed by atoms with Crippen LogP contribution in [0.3, 0.4) is 0 Å². The number of esters is 1. The first kappa shape index (κ1) is 15.3. The van der Waals surface area contributed by atoms with E-state index in [2.05, 4.69) is 5.32 Å². The summed E-state index contributed by atoms with van der Waals surface area (Å²) in [6.45, 7) is 0. The molecule has 0 spiro atoms. The Hall–Kier alpha value is -3.21. The normalized spacial score (nSPS) is 15.6. The summed E-state index contributed by atoms with van der Waals surface area (Å²) in [6.07, 6.45) is -0.576. The standard InChI is InChI=1S/C20H17NO4/c1-23-16-11-10-14-17(18(16)24-2)20(22)25-19(14)21-15-9-5-7-12-6-3-4-8-13(12)15/h3-11,19,21H,1-2H3/t19-/m1/s1. The van der Waals surface area contributed by atoms with Gasteiger partial charge in [-0.25, -0.2) is 4.79 Å². The topological polar surface area (TPSA) is 56.8 Å². The molecule has 126 valence electrons. The number of methoxy groups -OCH3 is 2. The number of nitrogens with one attached hydrogen (secondary N) is 1. The van der Waals surface area contributed by atoms with Gasteiger partial charge in [0.05, 0.1) is 14.2 Å². The van der Waals surface area contributed by atoms with Crippen molar-refractivity contribution in [2.24, 2.45) is 0 Å². The predicted octanol–water partition coefficient (Wildman–Crippen LogP) is 4.14. The Kier molecular flexibility index (Phi) is 3.69. The summed E-state index contributed by atoms with van der Waals surface area (Å²) < 4.78 is 16.2. The fourth-order valence-corrected chi connectivity index (χ4v) is 3.20. The number of benzene rings is 3. The molecule has 5 nitrogen and oxygen atoms in total. The van der Waals surface area contributed by atoms with Gasteiger partial charge in [-0.05, 0) is 23.6 Å². The molecule has 0 aliphatic carbocycles. The number of anilines is 1. The highest BCUT2D eigenvalue weighted by Crippen LogP contribution is 2.42.